The second kappa shape index (κ2) is 7.99. The summed E-state index contributed by atoms with van der Waals surface area (Å²) >= 11 is 0. The highest BCUT2D eigenvalue weighted by atomic mass is 16.2. The number of aryl methyl sites for hydroxylation is 1. The van der Waals surface area contributed by atoms with E-state index in [1.807, 2.05) is 49.9 Å². The van der Waals surface area contributed by atoms with Crippen LogP contribution in [0.3, 0.4) is 0 Å². The Morgan fingerprint density at radius 3 is 2.35 bits per heavy atom. The molecule has 1 heterocycles. The van der Waals surface area contributed by atoms with E-state index < -0.39 is 0 Å². The van der Waals surface area contributed by atoms with E-state index in [1.54, 1.807) is 0 Å². The fraction of sp³-hybridized carbons (Fsp3) is 0.556. The average Bonchev–Trinajstić information content (AvgIpc) is 2.49. The summed E-state index contributed by atoms with van der Waals surface area (Å²) in [6.45, 7) is 7.32. The number of likely N-dealkylation sites (tertiary alicyclic amines) is 1. The highest BCUT2D eigenvalue weighted by Gasteiger charge is 2.23. The molecule has 126 valence electrons. The topological polar surface area (TPSA) is 61.4 Å². The summed E-state index contributed by atoms with van der Waals surface area (Å²) < 4.78 is 0. The second-order valence-electron chi connectivity index (χ2n) is 6.60. The Balaban J connectivity index is 1.74. The molecule has 1 aromatic carbocycles. The molecule has 0 bridgehead atoms. The van der Waals surface area contributed by atoms with Crippen molar-refractivity contribution in [2.24, 2.45) is 0 Å². The second-order valence-corrected chi connectivity index (χ2v) is 6.60. The van der Waals surface area contributed by atoms with E-state index in [0.29, 0.717) is 19.5 Å². The number of carbonyl (C=O) groups is 2. The molecule has 2 N–H and O–H groups in total. The molecule has 2 rings (SSSR count). The van der Waals surface area contributed by atoms with Gasteiger partial charge in [-0.15, -0.1) is 0 Å². The fourth-order valence-electron chi connectivity index (χ4n) is 2.74. The lowest BCUT2D eigenvalue weighted by Gasteiger charge is -2.33. The summed E-state index contributed by atoms with van der Waals surface area (Å²) in [4.78, 5) is 25.9. The zero-order valence-electron chi connectivity index (χ0n) is 14.3. The Morgan fingerprint density at radius 1 is 1.17 bits per heavy atom. The van der Waals surface area contributed by atoms with Crippen molar-refractivity contribution in [3.8, 4) is 0 Å². The van der Waals surface area contributed by atoms with Crippen LogP contribution in [0.4, 0.5) is 4.79 Å². The van der Waals surface area contributed by atoms with Crippen LogP contribution in [-0.4, -0.2) is 42.0 Å². The minimum Gasteiger partial charge on any atom is -0.353 e. The number of carbonyl (C=O) groups excluding carboxylic acids is 2. The van der Waals surface area contributed by atoms with Crippen molar-refractivity contribution in [3.05, 3.63) is 35.4 Å². The largest absolute Gasteiger partial charge is 0.353 e. The Kier molecular flexibility index (Phi) is 6.02. The maximum absolute atomic E-state index is 12.1. The predicted molar refractivity (Wildman–Crippen MR) is 91.3 cm³/mol. The number of benzene rings is 1. The van der Waals surface area contributed by atoms with Gasteiger partial charge < -0.3 is 15.5 Å². The summed E-state index contributed by atoms with van der Waals surface area (Å²) in [5.74, 6) is 0.0546. The van der Waals surface area contributed by atoms with Crippen LogP contribution in [0.2, 0.25) is 0 Å². The van der Waals surface area contributed by atoms with Crippen LogP contribution in [0.5, 0.6) is 0 Å². The molecule has 0 atom stereocenters. The van der Waals surface area contributed by atoms with E-state index in [1.165, 1.54) is 5.56 Å². The summed E-state index contributed by atoms with van der Waals surface area (Å²) in [7, 11) is 0. The van der Waals surface area contributed by atoms with Gasteiger partial charge in [0.1, 0.15) is 0 Å². The highest BCUT2D eigenvalue weighted by molar-refractivity contribution is 5.79. The first-order chi connectivity index (χ1) is 10.9. The summed E-state index contributed by atoms with van der Waals surface area (Å²) in [6, 6.07) is 8.33. The maximum Gasteiger partial charge on any atom is 0.317 e. The molecule has 0 saturated carbocycles. The Labute approximate surface area is 138 Å². The van der Waals surface area contributed by atoms with Gasteiger partial charge in [-0.3, -0.25) is 4.79 Å². The van der Waals surface area contributed by atoms with Gasteiger partial charge in [0.25, 0.3) is 0 Å². The van der Waals surface area contributed by atoms with Gasteiger partial charge in [0.05, 0.1) is 6.42 Å². The van der Waals surface area contributed by atoms with Crippen molar-refractivity contribution in [1.82, 2.24) is 15.5 Å². The molecular weight excluding hydrogens is 290 g/mol. The Bertz CT molecular complexity index is 532. The lowest BCUT2D eigenvalue weighted by atomic mass is 10.0. The number of nitrogens with one attached hydrogen (secondary N) is 2. The van der Waals surface area contributed by atoms with Gasteiger partial charge in [0, 0.05) is 25.2 Å². The first-order valence-electron chi connectivity index (χ1n) is 8.34. The van der Waals surface area contributed by atoms with E-state index in [0.717, 1.165) is 18.4 Å². The molecule has 3 amide bonds. The number of hydrogen-bond donors (Lipinski definition) is 2. The third-order valence-electron chi connectivity index (χ3n) is 4.04. The van der Waals surface area contributed by atoms with Crippen LogP contribution in [0.1, 0.15) is 37.8 Å². The minimum absolute atomic E-state index is 0.00979. The molecule has 1 fully saturated rings. The van der Waals surface area contributed by atoms with Crippen LogP contribution in [0.25, 0.3) is 0 Å². The number of amides is 3. The van der Waals surface area contributed by atoms with Crippen molar-refractivity contribution < 1.29 is 9.59 Å². The Hall–Kier alpha value is -2.04. The number of rotatable bonds is 4. The van der Waals surface area contributed by atoms with Crippen LogP contribution >= 0.6 is 0 Å². The smallest absolute Gasteiger partial charge is 0.317 e. The molecule has 5 heteroatoms. The van der Waals surface area contributed by atoms with Gasteiger partial charge >= 0.3 is 6.03 Å². The summed E-state index contributed by atoms with van der Waals surface area (Å²) in [5.41, 5.74) is 2.23. The molecule has 5 nitrogen and oxygen atoms in total. The van der Waals surface area contributed by atoms with Gasteiger partial charge in [-0.1, -0.05) is 29.8 Å². The molecule has 0 unspecified atom stereocenters. The van der Waals surface area contributed by atoms with Gasteiger partial charge in [-0.05, 0) is 39.2 Å². The zero-order chi connectivity index (χ0) is 16.8. The van der Waals surface area contributed by atoms with Gasteiger partial charge in [-0.2, -0.15) is 0 Å². The van der Waals surface area contributed by atoms with E-state index in [-0.39, 0.29) is 24.0 Å². The third kappa shape index (κ3) is 5.58. The molecule has 0 spiro atoms. The molecule has 1 aliphatic heterocycles. The minimum atomic E-state index is -0.00979. The number of piperidine rings is 1. The van der Waals surface area contributed by atoms with Crippen LogP contribution in [-0.2, 0) is 11.2 Å². The molecule has 1 saturated heterocycles. The third-order valence-corrected chi connectivity index (χ3v) is 4.04. The first-order valence-corrected chi connectivity index (χ1v) is 8.34. The molecule has 1 aromatic rings. The summed E-state index contributed by atoms with van der Waals surface area (Å²) in [6.07, 6.45) is 2.03. The lowest BCUT2D eigenvalue weighted by Crippen LogP contribution is -2.50. The van der Waals surface area contributed by atoms with E-state index >= 15 is 0 Å². The predicted octanol–water partition coefficient (Wildman–Crippen LogP) is 2.24. The molecule has 0 aromatic heterocycles. The van der Waals surface area contributed by atoms with E-state index in [4.69, 9.17) is 0 Å². The zero-order valence-corrected chi connectivity index (χ0v) is 14.3. The normalized spacial score (nSPS) is 15.6. The molecule has 0 radical (unpaired) electrons. The SMILES string of the molecule is Cc1ccc(CC(=O)NC2CCN(C(=O)NC(C)C)CC2)cc1. The molecular formula is C18H27N3O2. The number of urea groups is 1. The monoisotopic (exact) mass is 317 g/mol. The fourth-order valence-corrected chi connectivity index (χ4v) is 2.74. The molecule has 0 aliphatic carbocycles. The molecule has 23 heavy (non-hydrogen) atoms. The van der Waals surface area contributed by atoms with Crippen molar-refractivity contribution in [2.45, 2.75) is 52.1 Å². The van der Waals surface area contributed by atoms with Crippen molar-refractivity contribution in [1.29, 1.82) is 0 Å². The number of hydrogen-bond acceptors (Lipinski definition) is 2. The first kappa shape index (κ1) is 17.3. The summed E-state index contributed by atoms with van der Waals surface area (Å²) in [5, 5.41) is 5.99. The van der Waals surface area contributed by atoms with Crippen LogP contribution in [0.15, 0.2) is 24.3 Å². The lowest BCUT2D eigenvalue weighted by molar-refractivity contribution is -0.121. The standard InChI is InChI=1S/C18H27N3O2/c1-13(2)19-18(23)21-10-8-16(9-11-21)20-17(22)12-15-6-4-14(3)5-7-15/h4-7,13,16H,8-12H2,1-3H3,(H,19,23)(H,20,22). The van der Waals surface area contributed by atoms with Crippen LogP contribution < -0.4 is 10.6 Å². The highest BCUT2D eigenvalue weighted by Crippen LogP contribution is 2.11. The molecule has 1 aliphatic rings. The van der Waals surface area contributed by atoms with Crippen LogP contribution in [0, 0.1) is 6.92 Å². The quantitative estimate of drug-likeness (QED) is 0.894. The van der Waals surface area contributed by atoms with Crippen molar-refractivity contribution >= 4 is 11.9 Å². The average molecular weight is 317 g/mol. The van der Waals surface area contributed by atoms with Gasteiger partial charge in [-0.25, -0.2) is 4.79 Å². The van der Waals surface area contributed by atoms with E-state index in [9.17, 15) is 9.59 Å². The van der Waals surface area contributed by atoms with Crippen molar-refractivity contribution in [2.75, 3.05) is 13.1 Å². The maximum atomic E-state index is 12.1. The Morgan fingerprint density at radius 2 is 1.78 bits per heavy atom. The van der Waals surface area contributed by atoms with Crippen molar-refractivity contribution in [3.63, 3.8) is 0 Å². The number of nitrogens with zero attached hydrogens (tertiary/aromatic N) is 1. The van der Waals surface area contributed by atoms with Gasteiger partial charge in [0.15, 0.2) is 0 Å². The van der Waals surface area contributed by atoms with Gasteiger partial charge in [0.2, 0.25) is 5.91 Å². The van der Waals surface area contributed by atoms with E-state index in [2.05, 4.69) is 10.6 Å².